The Balaban J connectivity index is 0.000000150. The molecule has 2 aliphatic carbocycles. The van der Waals surface area contributed by atoms with Gasteiger partial charge in [0.25, 0.3) is 17.7 Å². The number of urea groups is 3. The number of nitrogens with zero attached hydrogens (tertiary/aromatic N) is 8. The second-order valence-corrected chi connectivity index (χ2v) is 29.0. The fourth-order valence-electron chi connectivity index (χ4n) is 16.2. The van der Waals surface area contributed by atoms with Crippen LogP contribution in [0.4, 0.5) is 40.2 Å². The van der Waals surface area contributed by atoms with Gasteiger partial charge in [-0.05, 0) is 152 Å². The number of nitrogens with one attached hydrogen (secondary N) is 4. The van der Waals surface area contributed by atoms with E-state index < -0.39 is 22.4 Å². The number of carbonyl (C=O) groups excluding carboxylic acids is 6. The molecule has 0 aromatic heterocycles. The van der Waals surface area contributed by atoms with Crippen LogP contribution in [0.2, 0.25) is 0 Å². The molecule has 2 saturated heterocycles. The quantitative estimate of drug-likeness (QED) is 0.0426. The summed E-state index contributed by atoms with van der Waals surface area (Å²) in [6, 6.07) is 56.5. The van der Waals surface area contributed by atoms with Crippen LogP contribution in [0.15, 0.2) is 209 Å². The monoisotopic (exact) mass is 1450 g/mol. The predicted molar refractivity (Wildman–Crippen MR) is 412 cm³/mol. The van der Waals surface area contributed by atoms with E-state index in [1.54, 1.807) is 45.9 Å². The number of para-hydroxylation sites is 3. The largest absolute Gasteiger partial charge is 0.495 e. The zero-order valence-electron chi connectivity index (χ0n) is 60.8. The number of hydrogen-bond donors (Lipinski definition) is 7. The predicted octanol–water partition coefficient (Wildman–Crippen LogP) is 13.0. The molecule has 4 fully saturated rings. The highest BCUT2D eigenvalue weighted by Gasteiger charge is 2.53. The van der Waals surface area contributed by atoms with E-state index in [4.69, 9.17) is 36.9 Å². The van der Waals surface area contributed by atoms with Crippen LogP contribution in [0.3, 0.4) is 0 Å². The SMILES string of the molecule is COc1ccccc1NC(=O)N[C@@H]1CCC[C@H](C[C@@]2(CCC3CCCCC3)N=C(N)N(C)C2=O)C1.NC1=NC(c2ccccc2)(c2ccccc2)C(=O)N1CC1CCN(C(=O)Nc2ccc(F)cc2)CC1.NC1=NC(c2ccccc2)(c2ccccc2)C(=O)N1CC1CCN(C(=O)Nc2ccccc2F)CC1. The van der Waals surface area contributed by atoms with Gasteiger partial charge in [-0.15, -0.1) is 0 Å². The molecular weight excluding hydrogens is 1360 g/mol. The molecule has 0 spiro atoms. The van der Waals surface area contributed by atoms with E-state index in [0.717, 1.165) is 73.6 Å². The van der Waals surface area contributed by atoms with Gasteiger partial charge >= 0.3 is 18.1 Å². The van der Waals surface area contributed by atoms with Crippen molar-refractivity contribution in [2.24, 2.45) is 55.8 Å². The fraction of sp³-hybridized carbons (Fsp3) is 0.386. The second-order valence-electron chi connectivity index (χ2n) is 29.0. The summed E-state index contributed by atoms with van der Waals surface area (Å²) in [6.45, 7) is 3.00. The van der Waals surface area contributed by atoms with Crippen LogP contribution in [0.1, 0.15) is 125 Å². The van der Waals surface area contributed by atoms with Gasteiger partial charge in [0.15, 0.2) is 29.0 Å². The van der Waals surface area contributed by atoms with Gasteiger partial charge in [-0.25, -0.2) is 38.1 Å². The third-order valence-electron chi connectivity index (χ3n) is 22.1. The third-order valence-corrected chi connectivity index (χ3v) is 22.1. The van der Waals surface area contributed by atoms with Gasteiger partial charge in [0, 0.05) is 58.0 Å². The third kappa shape index (κ3) is 17.4. The number of likely N-dealkylation sites (tertiary alicyclic amines) is 2. The molecule has 10 N–H and O–H groups in total. The number of carbonyl (C=O) groups is 6. The highest BCUT2D eigenvalue weighted by molar-refractivity contribution is 6.10. The Morgan fingerprint density at radius 1 is 0.486 bits per heavy atom. The molecule has 7 aromatic rings. The molecule has 22 nitrogen and oxygen atoms in total. The van der Waals surface area contributed by atoms with Crippen LogP contribution in [0.5, 0.6) is 5.75 Å². The van der Waals surface area contributed by atoms with Gasteiger partial charge in [0.1, 0.15) is 22.9 Å². The van der Waals surface area contributed by atoms with Gasteiger partial charge in [0.05, 0.1) is 18.5 Å². The summed E-state index contributed by atoms with van der Waals surface area (Å²) < 4.78 is 32.3. The molecule has 5 aliphatic heterocycles. The maximum absolute atomic E-state index is 13.9. The van der Waals surface area contributed by atoms with E-state index in [1.165, 1.54) is 73.4 Å². The van der Waals surface area contributed by atoms with E-state index in [0.29, 0.717) is 93.5 Å². The van der Waals surface area contributed by atoms with Crippen LogP contribution in [0, 0.1) is 35.3 Å². The Morgan fingerprint density at radius 3 is 1.42 bits per heavy atom. The van der Waals surface area contributed by atoms with Crippen molar-refractivity contribution in [3.05, 3.63) is 228 Å². The first-order valence-electron chi connectivity index (χ1n) is 37.4. The Morgan fingerprint density at radius 2 is 0.944 bits per heavy atom. The first-order chi connectivity index (χ1) is 51.9. The lowest BCUT2D eigenvalue weighted by Crippen LogP contribution is -2.48. The minimum atomic E-state index is -1.22. The molecule has 5 heterocycles. The number of likely N-dealkylation sites (N-methyl/N-ethyl adjacent to an activating group) is 1. The van der Waals surface area contributed by atoms with Crippen molar-refractivity contribution in [1.29, 1.82) is 0 Å². The van der Waals surface area contributed by atoms with Crippen molar-refractivity contribution in [2.75, 3.05) is 69.4 Å². The van der Waals surface area contributed by atoms with Gasteiger partial charge in [-0.2, -0.15) is 0 Å². The Kier molecular flexibility index (Phi) is 24.3. The summed E-state index contributed by atoms with van der Waals surface area (Å²) in [5.74, 6) is 1.61. The molecule has 24 heteroatoms. The maximum atomic E-state index is 13.9. The molecule has 0 bridgehead atoms. The molecule has 2 saturated carbocycles. The van der Waals surface area contributed by atoms with Crippen LogP contribution in [0.25, 0.3) is 0 Å². The first kappa shape index (κ1) is 75.5. The molecule has 7 aromatic carbocycles. The number of rotatable bonds is 18. The summed E-state index contributed by atoms with van der Waals surface area (Å²) in [4.78, 5) is 102. The fourth-order valence-corrected chi connectivity index (χ4v) is 16.2. The van der Waals surface area contributed by atoms with E-state index in [9.17, 15) is 37.5 Å². The number of piperidine rings is 2. The lowest BCUT2D eigenvalue weighted by molar-refractivity contribution is -0.132. The number of ether oxygens (including phenoxy) is 1. The van der Waals surface area contributed by atoms with Crippen LogP contribution in [-0.4, -0.2) is 143 Å². The van der Waals surface area contributed by atoms with E-state index in [-0.39, 0.29) is 77.1 Å². The molecule has 107 heavy (non-hydrogen) atoms. The number of nitrogens with two attached hydrogens (primary N) is 3. The first-order valence-corrected chi connectivity index (χ1v) is 37.4. The topological polar surface area (TPSA) is 291 Å². The molecule has 0 unspecified atom stereocenters. The highest BCUT2D eigenvalue weighted by atomic mass is 19.1. The minimum Gasteiger partial charge on any atom is -0.495 e. The number of halogens is 2. The lowest BCUT2D eigenvalue weighted by atomic mass is 9.74. The summed E-state index contributed by atoms with van der Waals surface area (Å²) in [6.07, 6.45) is 15.7. The summed E-state index contributed by atoms with van der Waals surface area (Å²) in [7, 11) is 3.32. The number of methoxy groups -OCH3 is 1. The maximum Gasteiger partial charge on any atom is 0.321 e. The molecule has 0 radical (unpaired) electrons. The van der Waals surface area contributed by atoms with Crippen molar-refractivity contribution < 1.29 is 42.3 Å². The van der Waals surface area contributed by atoms with Crippen molar-refractivity contribution in [2.45, 2.75) is 125 Å². The Labute approximate surface area is 624 Å². The van der Waals surface area contributed by atoms with Gasteiger partial charge < -0.3 is 53.0 Å². The Bertz CT molecular complexity index is 4250. The van der Waals surface area contributed by atoms with Gasteiger partial charge in [0.2, 0.25) is 0 Å². The standard InChI is InChI=1S/2C28H28FN5O2.C27H41N5O3/c29-23-13-7-8-14-24(23)31-27(36)33-17-15-20(16-18-33)19-34-25(35)28(32-26(34)30,21-9-3-1-4-10-21)22-11-5-2-6-12-22;29-23-11-13-24(14-12-23)31-27(36)33-17-15-20(16-18-33)19-34-25(35)28(32-26(34)30,21-7-3-1-4-8-21)22-9-5-2-6-10-22;1-32-24(33)27(31-25(32)28,16-15-19-9-4-3-5-10-19)18-20-11-8-12-21(17-20)29-26(34)30-22-13-6-7-14-23(22)35-2/h2*1-14,20H,15-19H2,(H2,30,32)(H,31,36);6-7,13-14,19-21H,3-5,8-12,15-18H2,1-2H3,(H2,28,31)(H2,29,30,34)/t;;20-,21+,27+/m..0/s1. The van der Waals surface area contributed by atoms with Crippen molar-refractivity contribution >= 4 is 70.8 Å². The van der Waals surface area contributed by atoms with Crippen LogP contribution >= 0.6 is 0 Å². The molecule has 560 valence electrons. The number of aliphatic imine (C=N–C) groups is 3. The molecule has 7 aliphatic rings. The smallest absolute Gasteiger partial charge is 0.321 e. The lowest BCUT2D eigenvalue weighted by Gasteiger charge is -2.35. The summed E-state index contributed by atoms with van der Waals surface area (Å²) in [5, 5.41) is 11.5. The molecule has 9 amide bonds. The van der Waals surface area contributed by atoms with Crippen molar-refractivity contribution in [3.8, 4) is 5.75 Å². The van der Waals surface area contributed by atoms with Crippen LogP contribution < -0.4 is 43.2 Å². The van der Waals surface area contributed by atoms with E-state index in [2.05, 4.69) is 21.3 Å². The number of benzene rings is 7. The highest BCUT2D eigenvalue weighted by Crippen LogP contribution is 2.44. The minimum absolute atomic E-state index is 0.0369. The molecular formula is C83H97F2N15O7. The number of anilines is 3. The van der Waals surface area contributed by atoms with Crippen LogP contribution in [-0.2, 0) is 25.5 Å². The normalized spacial score (nSPS) is 20.9. The Hall–Kier alpha value is -11.2. The zero-order chi connectivity index (χ0) is 75.1. The van der Waals surface area contributed by atoms with Crippen molar-refractivity contribution in [3.63, 3.8) is 0 Å². The number of guanidine groups is 3. The van der Waals surface area contributed by atoms with Gasteiger partial charge in [-0.1, -0.05) is 191 Å². The number of amides is 9. The number of hydrogen-bond acceptors (Lipinski definition) is 13. The summed E-state index contributed by atoms with van der Waals surface area (Å²) in [5.41, 5.74) is 20.1. The zero-order valence-corrected chi connectivity index (χ0v) is 60.8. The average Bonchev–Trinajstić information content (AvgIpc) is 1.60. The van der Waals surface area contributed by atoms with Gasteiger partial charge in [-0.3, -0.25) is 29.1 Å². The summed E-state index contributed by atoms with van der Waals surface area (Å²) >= 11 is 0. The second kappa shape index (κ2) is 34.4. The van der Waals surface area contributed by atoms with E-state index in [1.807, 2.05) is 146 Å². The average molecular weight is 1450 g/mol. The molecule has 3 atom stereocenters. The van der Waals surface area contributed by atoms with Crippen molar-refractivity contribution in [1.82, 2.24) is 29.8 Å². The molecule has 14 rings (SSSR count). The van der Waals surface area contributed by atoms with E-state index >= 15 is 0 Å².